The van der Waals surface area contributed by atoms with E-state index in [4.69, 9.17) is 5.26 Å². The van der Waals surface area contributed by atoms with Crippen molar-refractivity contribution in [1.82, 2.24) is 10.2 Å². The monoisotopic (exact) mass is 181 g/mol. The molecule has 1 unspecified atom stereocenters. The normalized spacial score (nSPS) is 25.1. The lowest BCUT2D eigenvalue weighted by Gasteiger charge is -2.43. The molecule has 0 bridgehead atoms. The molecule has 1 fully saturated rings. The number of nitrogens with zero attached hydrogens (tertiary/aromatic N) is 2. The quantitative estimate of drug-likeness (QED) is 0.686. The number of piperazine rings is 1. The molecule has 3 heteroatoms. The van der Waals surface area contributed by atoms with Crippen LogP contribution >= 0.6 is 0 Å². The molecule has 0 aromatic heterocycles. The van der Waals surface area contributed by atoms with Crippen molar-refractivity contribution in [2.75, 3.05) is 26.2 Å². The molecule has 0 amide bonds. The van der Waals surface area contributed by atoms with Gasteiger partial charge in [-0.15, -0.1) is 0 Å². The van der Waals surface area contributed by atoms with Crippen LogP contribution in [0.3, 0.4) is 0 Å². The first-order chi connectivity index (χ1) is 6.06. The fraction of sp³-hybridized carbons (Fsp3) is 0.900. The number of rotatable bonds is 2. The fourth-order valence-corrected chi connectivity index (χ4v) is 1.73. The molecule has 0 spiro atoms. The van der Waals surface area contributed by atoms with Gasteiger partial charge in [-0.2, -0.15) is 5.26 Å². The van der Waals surface area contributed by atoms with E-state index in [1.54, 1.807) is 0 Å². The Labute approximate surface area is 80.7 Å². The average molecular weight is 181 g/mol. The van der Waals surface area contributed by atoms with Crippen molar-refractivity contribution in [1.29, 1.82) is 5.26 Å². The fourth-order valence-electron chi connectivity index (χ4n) is 1.73. The Hall–Kier alpha value is -0.590. The van der Waals surface area contributed by atoms with Gasteiger partial charge in [0.1, 0.15) is 0 Å². The van der Waals surface area contributed by atoms with E-state index in [1.807, 2.05) is 6.92 Å². The van der Waals surface area contributed by atoms with Crippen LogP contribution in [0.1, 0.15) is 20.8 Å². The Morgan fingerprint density at radius 3 is 2.85 bits per heavy atom. The summed E-state index contributed by atoms with van der Waals surface area (Å²) >= 11 is 0. The third-order valence-corrected chi connectivity index (χ3v) is 2.69. The summed E-state index contributed by atoms with van der Waals surface area (Å²) in [6.45, 7) is 10.4. The van der Waals surface area contributed by atoms with Gasteiger partial charge in [-0.1, -0.05) is 0 Å². The topological polar surface area (TPSA) is 39.1 Å². The Bertz CT molecular complexity index is 205. The highest BCUT2D eigenvalue weighted by molar-refractivity contribution is 4.92. The molecule has 0 aliphatic carbocycles. The molecule has 1 N–H and O–H groups in total. The van der Waals surface area contributed by atoms with E-state index in [2.05, 4.69) is 30.1 Å². The minimum absolute atomic E-state index is 0.136. The Balaban J connectivity index is 2.52. The van der Waals surface area contributed by atoms with Gasteiger partial charge < -0.3 is 5.32 Å². The molecular weight excluding hydrogens is 162 g/mol. The minimum atomic E-state index is 0.136. The summed E-state index contributed by atoms with van der Waals surface area (Å²) < 4.78 is 0. The average Bonchev–Trinajstić information content (AvgIpc) is 2.08. The highest BCUT2D eigenvalue weighted by Crippen LogP contribution is 2.17. The van der Waals surface area contributed by atoms with Crippen molar-refractivity contribution >= 4 is 0 Å². The van der Waals surface area contributed by atoms with Gasteiger partial charge in [0.05, 0.1) is 12.0 Å². The van der Waals surface area contributed by atoms with Crippen LogP contribution < -0.4 is 5.32 Å². The zero-order chi connectivity index (χ0) is 9.90. The summed E-state index contributed by atoms with van der Waals surface area (Å²) in [6.07, 6.45) is 0. The number of nitriles is 1. The zero-order valence-electron chi connectivity index (χ0n) is 8.80. The highest BCUT2D eigenvalue weighted by Gasteiger charge is 2.29. The standard InChI is InChI=1S/C10H19N3/c1-9(6-11)7-13-5-4-12-8-10(13,2)3/h9,12H,4-5,7-8H2,1-3H3. The summed E-state index contributed by atoms with van der Waals surface area (Å²) in [7, 11) is 0. The summed E-state index contributed by atoms with van der Waals surface area (Å²) in [6, 6.07) is 2.29. The second-order valence-corrected chi connectivity index (χ2v) is 4.47. The molecule has 1 atom stereocenters. The second kappa shape index (κ2) is 4.08. The molecule has 1 aliphatic heterocycles. The Morgan fingerprint density at radius 1 is 1.62 bits per heavy atom. The van der Waals surface area contributed by atoms with E-state index in [1.165, 1.54) is 0 Å². The van der Waals surface area contributed by atoms with Crippen LogP contribution in [-0.4, -0.2) is 36.6 Å². The van der Waals surface area contributed by atoms with Crippen LogP contribution in [0, 0.1) is 17.2 Å². The van der Waals surface area contributed by atoms with Gasteiger partial charge in [0.2, 0.25) is 0 Å². The van der Waals surface area contributed by atoms with E-state index in [9.17, 15) is 0 Å². The molecule has 1 heterocycles. The van der Waals surface area contributed by atoms with E-state index in [0.29, 0.717) is 0 Å². The zero-order valence-corrected chi connectivity index (χ0v) is 8.80. The first-order valence-corrected chi connectivity index (χ1v) is 4.91. The Kier molecular flexibility index (Phi) is 3.29. The van der Waals surface area contributed by atoms with Gasteiger partial charge in [0, 0.05) is 31.7 Å². The predicted molar refractivity (Wildman–Crippen MR) is 53.3 cm³/mol. The van der Waals surface area contributed by atoms with Gasteiger partial charge in [-0.05, 0) is 20.8 Å². The number of hydrogen-bond donors (Lipinski definition) is 1. The smallest absolute Gasteiger partial charge is 0.0666 e. The predicted octanol–water partition coefficient (Wildman–Crippen LogP) is 0.830. The van der Waals surface area contributed by atoms with E-state index < -0.39 is 0 Å². The van der Waals surface area contributed by atoms with Crippen LogP contribution in [0.15, 0.2) is 0 Å². The number of hydrogen-bond acceptors (Lipinski definition) is 3. The lowest BCUT2D eigenvalue weighted by atomic mass is 9.98. The largest absolute Gasteiger partial charge is 0.314 e. The molecule has 0 saturated carbocycles. The molecule has 1 saturated heterocycles. The van der Waals surface area contributed by atoms with Crippen LogP contribution in [-0.2, 0) is 0 Å². The van der Waals surface area contributed by atoms with Crippen LogP contribution in [0.4, 0.5) is 0 Å². The van der Waals surface area contributed by atoms with Crippen LogP contribution in [0.5, 0.6) is 0 Å². The third-order valence-electron chi connectivity index (χ3n) is 2.69. The molecule has 1 rings (SSSR count). The maximum Gasteiger partial charge on any atom is 0.0666 e. The first-order valence-electron chi connectivity index (χ1n) is 4.91. The molecule has 1 aliphatic rings. The summed E-state index contributed by atoms with van der Waals surface area (Å²) in [5.41, 5.74) is 0.198. The highest BCUT2D eigenvalue weighted by atomic mass is 15.2. The van der Waals surface area contributed by atoms with E-state index in [0.717, 1.165) is 26.2 Å². The van der Waals surface area contributed by atoms with Gasteiger partial charge in [-0.25, -0.2) is 0 Å². The minimum Gasteiger partial charge on any atom is -0.314 e. The second-order valence-electron chi connectivity index (χ2n) is 4.47. The first kappa shape index (κ1) is 10.5. The van der Waals surface area contributed by atoms with Gasteiger partial charge in [-0.3, -0.25) is 4.90 Å². The van der Waals surface area contributed by atoms with Crippen molar-refractivity contribution < 1.29 is 0 Å². The lowest BCUT2D eigenvalue weighted by Crippen LogP contribution is -2.58. The Morgan fingerprint density at radius 2 is 2.31 bits per heavy atom. The van der Waals surface area contributed by atoms with Crippen molar-refractivity contribution in [3.63, 3.8) is 0 Å². The maximum absolute atomic E-state index is 8.74. The molecule has 13 heavy (non-hydrogen) atoms. The molecular formula is C10H19N3. The summed E-state index contributed by atoms with van der Waals surface area (Å²) in [4.78, 5) is 2.40. The lowest BCUT2D eigenvalue weighted by molar-refractivity contribution is 0.0826. The van der Waals surface area contributed by atoms with Crippen molar-refractivity contribution in [2.24, 2.45) is 5.92 Å². The van der Waals surface area contributed by atoms with Gasteiger partial charge in [0.25, 0.3) is 0 Å². The van der Waals surface area contributed by atoms with Gasteiger partial charge in [0.15, 0.2) is 0 Å². The van der Waals surface area contributed by atoms with Crippen molar-refractivity contribution in [3.8, 4) is 6.07 Å². The van der Waals surface area contributed by atoms with Crippen LogP contribution in [0.25, 0.3) is 0 Å². The van der Waals surface area contributed by atoms with Gasteiger partial charge >= 0.3 is 0 Å². The maximum atomic E-state index is 8.74. The summed E-state index contributed by atoms with van der Waals surface area (Å²) in [5.74, 6) is 0.136. The van der Waals surface area contributed by atoms with Crippen LogP contribution in [0.2, 0.25) is 0 Å². The summed E-state index contributed by atoms with van der Waals surface area (Å²) in [5, 5.41) is 12.1. The van der Waals surface area contributed by atoms with E-state index in [-0.39, 0.29) is 11.5 Å². The van der Waals surface area contributed by atoms with Crippen molar-refractivity contribution in [2.45, 2.75) is 26.3 Å². The molecule has 74 valence electrons. The van der Waals surface area contributed by atoms with E-state index >= 15 is 0 Å². The molecule has 0 radical (unpaired) electrons. The van der Waals surface area contributed by atoms with Crippen molar-refractivity contribution in [3.05, 3.63) is 0 Å². The number of nitrogens with one attached hydrogen (secondary N) is 1. The SMILES string of the molecule is CC(C#N)CN1CCNCC1(C)C. The third kappa shape index (κ3) is 2.68. The molecule has 3 nitrogen and oxygen atoms in total. The molecule has 0 aromatic rings. The molecule has 0 aromatic carbocycles.